The fourth-order valence-electron chi connectivity index (χ4n) is 6.19. The minimum absolute atomic E-state index is 0.116. The van der Waals surface area contributed by atoms with E-state index in [2.05, 4.69) is 4.98 Å². The third kappa shape index (κ3) is 3.33. The zero-order valence-electron chi connectivity index (χ0n) is 18.4. The Bertz CT molecular complexity index is 1290. The number of amides is 1. The first-order valence-corrected chi connectivity index (χ1v) is 12.7. The number of benzene rings is 1. The van der Waals surface area contributed by atoms with Gasteiger partial charge in [-0.15, -0.1) is 0 Å². The van der Waals surface area contributed by atoms with E-state index in [9.17, 15) is 31.2 Å². The van der Waals surface area contributed by atoms with E-state index >= 15 is 0 Å². The number of hydrogen-bond acceptors (Lipinski definition) is 6. The molecule has 3 aliphatic rings. The Morgan fingerprint density at radius 2 is 2.03 bits per heavy atom. The molecular formula is C22H23F3N2O6S. The molecule has 5 rings (SSSR count). The highest BCUT2D eigenvalue weighted by atomic mass is 32.2. The van der Waals surface area contributed by atoms with Crippen molar-refractivity contribution < 1.29 is 40.1 Å². The van der Waals surface area contributed by atoms with Crippen LogP contribution in [0.3, 0.4) is 0 Å². The molecule has 1 N–H and O–H groups in total. The molecule has 2 aromatic rings. The Kier molecular flexibility index (Phi) is 5.07. The Labute approximate surface area is 193 Å². The van der Waals surface area contributed by atoms with E-state index in [1.807, 2.05) is 0 Å². The number of carbonyl (C=O) groups is 2. The number of piperidine rings is 1. The number of ether oxygens (including phenoxy) is 1. The Morgan fingerprint density at radius 1 is 1.32 bits per heavy atom. The summed E-state index contributed by atoms with van der Waals surface area (Å²) in [4.78, 5) is 29.8. The molecule has 1 aromatic heterocycles. The summed E-state index contributed by atoms with van der Waals surface area (Å²) in [5.74, 6) is -3.76. The van der Waals surface area contributed by atoms with Crippen molar-refractivity contribution >= 4 is 32.9 Å². The first kappa shape index (κ1) is 23.2. The second kappa shape index (κ2) is 7.45. The van der Waals surface area contributed by atoms with Gasteiger partial charge >= 0.3 is 18.1 Å². The van der Waals surface area contributed by atoms with Crippen LogP contribution in [0.25, 0.3) is 10.9 Å². The Morgan fingerprint density at radius 3 is 2.68 bits per heavy atom. The van der Waals surface area contributed by atoms with Crippen LogP contribution in [-0.2, 0) is 28.6 Å². The molecular weight excluding hydrogens is 477 g/mol. The van der Waals surface area contributed by atoms with Crippen LogP contribution in [0.5, 0.6) is 0 Å². The molecule has 2 fully saturated rings. The number of cyclic esters (lactones) is 1. The van der Waals surface area contributed by atoms with Crippen LogP contribution in [0.2, 0.25) is 0 Å². The lowest BCUT2D eigenvalue weighted by Gasteiger charge is -2.60. The summed E-state index contributed by atoms with van der Waals surface area (Å²) in [6, 6.07) is 6.17. The molecule has 1 aliphatic carbocycles. The van der Waals surface area contributed by atoms with E-state index in [1.54, 1.807) is 31.2 Å². The summed E-state index contributed by atoms with van der Waals surface area (Å²) in [7, 11) is -3.90. The number of nitrogens with one attached hydrogen (secondary N) is 1. The minimum atomic E-state index is -5.10. The lowest BCUT2D eigenvalue weighted by Crippen LogP contribution is -2.66. The molecule has 2 unspecified atom stereocenters. The van der Waals surface area contributed by atoms with Gasteiger partial charge in [-0.25, -0.2) is 0 Å². The van der Waals surface area contributed by atoms with Crippen molar-refractivity contribution in [2.24, 2.45) is 11.3 Å². The Balaban J connectivity index is 1.71. The summed E-state index contributed by atoms with van der Waals surface area (Å²) in [5, 5.41) is 0.686. The van der Waals surface area contributed by atoms with Gasteiger partial charge in [-0.05, 0) is 30.4 Å². The number of fused-ring (bicyclic) bond motifs is 6. The van der Waals surface area contributed by atoms with E-state index in [0.717, 1.165) is 11.2 Å². The molecule has 2 saturated heterocycles. The molecule has 0 spiro atoms. The topological polar surface area (TPSA) is 106 Å². The van der Waals surface area contributed by atoms with Crippen molar-refractivity contribution in [1.82, 2.24) is 9.88 Å². The molecule has 0 saturated carbocycles. The number of aromatic nitrogens is 1. The normalized spacial score (nSPS) is 30.7. The number of para-hydroxylation sites is 1. The van der Waals surface area contributed by atoms with Gasteiger partial charge in [-0.2, -0.15) is 21.6 Å². The number of likely N-dealkylation sites (tertiary alicyclic amines) is 1. The van der Waals surface area contributed by atoms with Crippen molar-refractivity contribution in [3.05, 3.63) is 35.5 Å². The van der Waals surface area contributed by atoms with Crippen LogP contribution >= 0.6 is 0 Å². The van der Waals surface area contributed by atoms with Crippen LogP contribution in [0.15, 0.2) is 24.3 Å². The average molecular weight is 500 g/mol. The molecule has 34 heavy (non-hydrogen) atoms. The van der Waals surface area contributed by atoms with Crippen molar-refractivity contribution in [2.75, 3.05) is 19.4 Å². The summed E-state index contributed by atoms with van der Waals surface area (Å²) in [6.45, 7) is 0.875. The second-order valence-corrected chi connectivity index (χ2v) is 10.9. The van der Waals surface area contributed by atoms with E-state index in [-0.39, 0.29) is 19.4 Å². The molecule has 0 radical (unpaired) electrons. The van der Waals surface area contributed by atoms with Crippen LogP contribution in [0.1, 0.15) is 43.0 Å². The predicted octanol–water partition coefficient (Wildman–Crippen LogP) is 3.02. The predicted molar refractivity (Wildman–Crippen MR) is 113 cm³/mol. The lowest BCUT2D eigenvalue weighted by atomic mass is 9.54. The van der Waals surface area contributed by atoms with Crippen LogP contribution < -0.4 is 0 Å². The van der Waals surface area contributed by atoms with Crippen LogP contribution in [-0.4, -0.2) is 61.9 Å². The fourth-order valence-corrected chi connectivity index (χ4v) is 6.56. The van der Waals surface area contributed by atoms with Gasteiger partial charge in [0.05, 0.1) is 18.2 Å². The van der Waals surface area contributed by atoms with E-state index in [4.69, 9.17) is 8.92 Å². The molecule has 12 heteroatoms. The molecule has 2 aliphatic heterocycles. The van der Waals surface area contributed by atoms with Gasteiger partial charge in [0.25, 0.3) is 10.1 Å². The number of esters is 1. The monoisotopic (exact) mass is 500 g/mol. The van der Waals surface area contributed by atoms with Gasteiger partial charge in [0.2, 0.25) is 0 Å². The standard InChI is InChI=1S/C22H23F3N2O6S/c1-3-21-10-27(20(29)22(23,24)25)14-8-12(21)17(19(28)33-15(21)9-32-34(2,30)31)16-11-6-4-5-7-13(11)26-18(14)16/h4-7,12,14-15,17,26H,3,8-10H2,1-2H3/t12-,14?,15?,17-,21-/m1/s1. The number of H-pyrrole nitrogens is 1. The van der Waals surface area contributed by atoms with E-state index in [0.29, 0.717) is 22.2 Å². The van der Waals surface area contributed by atoms with Crippen molar-refractivity contribution in [3.63, 3.8) is 0 Å². The quantitative estimate of drug-likeness (QED) is 0.511. The zero-order chi connectivity index (χ0) is 24.6. The van der Waals surface area contributed by atoms with Gasteiger partial charge in [0.1, 0.15) is 12.7 Å². The highest BCUT2D eigenvalue weighted by Gasteiger charge is 2.65. The molecule has 3 heterocycles. The summed E-state index contributed by atoms with van der Waals surface area (Å²) in [5.41, 5.74) is 0.489. The maximum absolute atomic E-state index is 13.7. The Hall–Kier alpha value is -2.60. The maximum atomic E-state index is 13.7. The van der Waals surface area contributed by atoms with Crippen molar-refractivity contribution in [1.29, 1.82) is 0 Å². The minimum Gasteiger partial charge on any atom is -0.459 e. The number of aromatic amines is 1. The SMILES string of the molecule is CC[C@@]12CN(C(=O)C(F)(F)F)C3C[C@@H]1[C@@H](C(=O)OC2COS(C)(=O)=O)c1c3[nH]c2ccccc12. The third-order valence-electron chi connectivity index (χ3n) is 7.63. The molecule has 5 atom stereocenters. The number of halogens is 3. The van der Waals surface area contributed by atoms with Crippen LogP contribution in [0, 0.1) is 11.3 Å². The van der Waals surface area contributed by atoms with Gasteiger partial charge in [0, 0.05) is 28.6 Å². The first-order chi connectivity index (χ1) is 15.9. The van der Waals surface area contributed by atoms with Gasteiger partial charge < -0.3 is 14.6 Å². The number of carbonyl (C=O) groups excluding carboxylic acids is 2. The second-order valence-electron chi connectivity index (χ2n) is 9.27. The summed E-state index contributed by atoms with van der Waals surface area (Å²) < 4.78 is 74.9. The highest BCUT2D eigenvalue weighted by molar-refractivity contribution is 7.85. The van der Waals surface area contributed by atoms with Crippen molar-refractivity contribution in [2.45, 2.75) is 44.0 Å². The van der Waals surface area contributed by atoms with Crippen molar-refractivity contribution in [3.8, 4) is 0 Å². The smallest absolute Gasteiger partial charge is 0.459 e. The number of hydrogen-bond donors (Lipinski definition) is 1. The van der Waals surface area contributed by atoms with Gasteiger partial charge in [-0.1, -0.05) is 25.1 Å². The zero-order valence-corrected chi connectivity index (χ0v) is 19.2. The van der Waals surface area contributed by atoms with E-state index < -0.39 is 64.2 Å². The largest absolute Gasteiger partial charge is 0.471 e. The highest BCUT2D eigenvalue weighted by Crippen LogP contribution is 2.62. The molecule has 184 valence electrons. The van der Waals surface area contributed by atoms with Crippen LogP contribution in [0.4, 0.5) is 13.2 Å². The number of rotatable bonds is 4. The molecule has 2 bridgehead atoms. The summed E-state index contributed by atoms with van der Waals surface area (Å²) >= 11 is 0. The van der Waals surface area contributed by atoms with E-state index in [1.165, 1.54) is 0 Å². The molecule has 1 aromatic carbocycles. The van der Waals surface area contributed by atoms with Gasteiger partial charge in [-0.3, -0.25) is 13.8 Å². The van der Waals surface area contributed by atoms with Gasteiger partial charge in [0.15, 0.2) is 0 Å². The lowest BCUT2D eigenvalue weighted by molar-refractivity contribution is -0.216. The first-order valence-electron chi connectivity index (χ1n) is 10.9. The molecule has 8 nitrogen and oxygen atoms in total. The molecule has 1 amide bonds. The number of alkyl halides is 3. The fraction of sp³-hybridized carbons (Fsp3) is 0.545. The third-order valence-corrected chi connectivity index (χ3v) is 8.19. The average Bonchev–Trinajstić information content (AvgIpc) is 3.15. The maximum Gasteiger partial charge on any atom is 0.471 e. The number of nitrogens with zero attached hydrogens (tertiary/aromatic N) is 1. The summed E-state index contributed by atoms with van der Waals surface area (Å²) in [6.07, 6.45) is -5.02.